The summed E-state index contributed by atoms with van der Waals surface area (Å²) >= 11 is 0. The van der Waals surface area contributed by atoms with Gasteiger partial charge in [0, 0.05) is 11.9 Å². The summed E-state index contributed by atoms with van der Waals surface area (Å²) in [5.41, 5.74) is 2.11. The van der Waals surface area contributed by atoms with Crippen LogP contribution in [0.25, 0.3) is 10.8 Å². The van der Waals surface area contributed by atoms with E-state index in [4.69, 9.17) is 4.74 Å². The molecular formula is C21H19NO4. The Hall–Kier alpha value is -3.34. The normalized spacial score (nSPS) is 10.5. The highest BCUT2D eigenvalue weighted by Crippen LogP contribution is 2.28. The van der Waals surface area contributed by atoms with Crippen LogP contribution in [0.2, 0.25) is 0 Å². The van der Waals surface area contributed by atoms with Crippen molar-refractivity contribution in [2.75, 3.05) is 6.61 Å². The smallest absolute Gasteiger partial charge is 0.342 e. The van der Waals surface area contributed by atoms with Gasteiger partial charge >= 0.3 is 5.97 Å². The van der Waals surface area contributed by atoms with E-state index < -0.39 is 18.5 Å². The lowest BCUT2D eigenvalue weighted by atomic mass is 10.1. The van der Waals surface area contributed by atoms with E-state index in [9.17, 15) is 14.7 Å². The molecule has 0 saturated carbocycles. The maximum Gasteiger partial charge on any atom is 0.342 e. The maximum atomic E-state index is 12.2. The number of benzene rings is 3. The molecule has 3 aromatic rings. The van der Waals surface area contributed by atoms with Gasteiger partial charge in [-0.1, -0.05) is 54.6 Å². The SMILES string of the molecule is Cc1ccccc1CNC(=O)COC(=O)c1ccc2ccccc2c1O. The van der Waals surface area contributed by atoms with Gasteiger partial charge in [-0.2, -0.15) is 0 Å². The Balaban J connectivity index is 1.59. The first-order valence-corrected chi connectivity index (χ1v) is 8.25. The zero-order valence-electron chi connectivity index (χ0n) is 14.4. The van der Waals surface area contributed by atoms with Gasteiger partial charge in [-0.15, -0.1) is 0 Å². The number of carbonyl (C=O) groups excluding carboxylic acids is 2. The molecule has 0 spiro atoms. The van der Waals surface area contributed by atoms with E-state index in [-0.39, 0.29) is 11.3 Å². The molecule has 0 fully saturated rings. The van der Waals surface area contributed by atoms with E-state index in [2.05, 4.69) is 5.32 Å². The number of nitrogens with one attached hydrogen (secondary N) is 1. The predicted molar refractivity (Wildman–Crippen MR) is 98.9 cm³/mol. The van der Waals surface area contributed by atoms with Crippen molar-refractivity contribution in [1.29, 1.82) is 0 Å². The van der Waals surface area contributed by atoms with Crippen molar-refractivity contribution in [3.05, 3.63) is 77.4 Å². The van der Waals surface area contributed by atoms with Crippen LogP contribution in [0.1, 0.15) is 21.5 Å². The van der Waals surface area contributed by atoms with Gasteiger partial charge in [0.15, 0.2) is 6.61 Å². The number of carbonyl (C=O) groups is 2. The van der Waals surface area contributed by atoms with E-state index >= 15 is 0 Å². The molecule has 0 aromatic heterocycles. The molecular weight excluding hydrogens is 330 g/mol. The van der Waals surface area contributed by atoms with E-state index in [1.807, 2.05) is 43.3 Å². The second-order valence-electron chi connectivity index (χ2n) is 5.96. The highest BCUT2D eigenvalue weighted by molar-refractivity contribution is 6.01. The van der Waals surface area contributed by atoms with Gasteiger partial charge in [-0.05, 0) is 29.5 Å². The van der Waals surface area contributed by atoms with E-state index in [1.165, 1.54) is 6.07 Å². The quantitative estimate of drug-likeness (QED) is 0.693. The Labute approximate surface area is 151 Å². The van der Waals surface area contributed by atoms with Crippen molar-refractivity contribution < 1.29 is 19.4 Å². The molecule has 132 valence electrons. The number of aromatic hydroxyl groups is 1. The first-order valence-electron chi connectivity index (χ1n) is 8.25. The minimum atomic E-state index is -0.737. The molecule has 0 radical (unpaired) electrons. The monoisotopic (exact) mass is 349 g/mol. The van der Waals surface area contributed by atoms with Gasteiger partial charge in [0.05, 0.1) is 0 Å². The lowest BCUT2D eigenvalue weighted by Gasteiger charge is -2.10. The van der Waals surface area contributed by atoms with E-state index in [1.54, 1.807) is 18.2 Å². The Morgan fingerprint density at radius 2 is 1.73 bits per heavy atom. The van der Waals surface area contributed by atoms with Crippen molar-refractivity contribution in [2.24, 2.45) is 0 Å². The highest BCUT2D eigenvalue weighted by atomic mass is 16.5. The number of phenols is 1. The molecule has 5 heteroatoms. The molecule has 0 atom stereocenters. The third-order valence-electron chi connectivity index (χ3n) is 4.19. The number of amides is 1. The van der Waals surface area contributed by atoms with Gasteiger partial charge < -0.3 is 15.2 Å². The summed E-state index contributed by atoms with van der Waals surface area (Å²) in [4.78, 5) is 24.1. The summed E-state index contributed by atoms with van der Waals surface area (Å²) in [5.74, 6) is -1.28. The molecule has 2 N–H and O–H groups in total. The zero-order chi connectivity index (χ0) is 18.5. The highest BCUT2D eigenvalue weighted by Gasteiger charge is 2.16. The van der Waals surface area contributed by atoms with Crippen LogP contribution in [0.5, 0.6) is 5.75 Å². The predicted octanol–water partition coefficient (Wildman–Crippen LogP) is 3.33. The maximum absolute atomic E-state index is 12.2. The molecule has 0 aliphatic carbocycles. The lowest BCUT2D eigenvalue weighted by Crippen LogP contribution is -2.28. The number of aryl methyl sites for hydroxylation is 1. The first-order chi connectivity index (χ1) is 12.6. The first kappa shape index (κ1) is 17.5. The third-order valence-corrected chi connectivity index (χ3v) is 4.19. The Morgan fingerprint density at radius 3 is 2.54 bits per heavy atom. The van der Waals surface area contributed by atoms with Gasteiger partial charge in [0.25, 0.3) is 5.91 Å². The third kappa shape index (κ3) is 3.83. The molecule has 5 nitrogen and oxygen atoms in total. The Morgan fingerprint density at radius 1 is 1.00 bits per heavy atom. The molecule has 3 aromatic carbocycles. The summed E-state index contributed by atoms with van der Waals surface area (Å²) in [7, 11) is 0. The van der Waals surface area contributed by atoms with Crippen molar-refractivity contribution in [3.63, 3.8) is 0 Å². The Bertz CT molecular complexity index is 965. The number of ether oxygens (including phenoxy) is 1. The van der Waals surface area contributed by atoms with E-state index in [0.29, 0.717) is 11.9 Å². The molecule has 26 heavy (non-hydrogen) atoms. The lowest BCUT2D eigenvalue weighted by molar-refractivity contribution is -0.124. The average Bonchev–Trinajstić information content (AvgIpc) is 2.66. The standard InChI is InChI=1S/C21H19NO4/c1-14-6-2-3-8-16(14)12-22-19(23)13-26-21(25)18-11-10-15-7-4-5-9-17(15)20(18)24/h2-11,24H,12-13H2,1H3,(H,22,23). The molecule has 0 saturated heterocycles. The van der Waals surface area contributed by atoms with Gasteiger partial charge in [-0.3, -0.25) is 4.79 Å². The van der Waals surface area contributed by atoms with Gasteiger partial charge in [0.2, 0.25) is 0 Å². The second-order valence-corrected chi connectivity index (χ2v) is 5.96. The summed E-state index contributed by atoms with van der Waals surface area (Å²) in [6.45, 7) is 1.92. The topological polar surface area (TPSA) is 75.6 Å². The molecule has 0 unspecified atom stereocenters. The number of hydrogen-bond donors (Lipinski definition) is 2. The van der Waals surface area contributed by atoms with Crippen molar-refractivity contribution in [3.8, 4) is 5.75 Å². The fraction of sp³-hybridized carbons (Fsp3) is 0.143. The molecule has 0 bridgehead atoms. The van der Waals surface area contributed by atoms with Crippen LogP contribution in [0.4, 0.5) is 0 Å². The molecule has 1 amide bonds. The van der Waals surface area contributed by atoms with Crippen LogP contribution >= 0.6 is 0 Å². The van der Waals surface area contributed by atoms with Gasteiger partial charge in [0.1, 0.15) is 11.3 Å². The molecule has 0 heterocycles. The zero-order valence-corrected chi connectivity index (χ0v) is 14.4. The minimum absolute atomic E-state index is 0.0374. The van der Waals surface area contributed by atoms with Crippen LogP contribution in [-0.4, -0.2) is 23.6 Å². The van der Waals surface area contributed by atoms with Crippen LogP contribution < -0.4 is 5.32 Å². The number of fused-ring (bicyclic) bond motifs is 1. The van der Waals surface area contributed by atoms with E-state index in [0.717, 1.165) is 16.5 Å². The van der Waals surface area contributed by atoms with Crippen LogP contribution in [0.15, 0.2) is 60.7 Å². The number of rotatable bonds is 5. The fourth-order valence-corrected chi connectivity index (χ4v) is 2.68. The largest absolute Gasteiger partial charge is 0.506 e. The summed E-state index contributed by atoms with van der Waals surface area (Å²) in [5, 5.41) is 14.4. The van der Waals surface area contributed by atoms with Crippen LogP contribution in [0, 0.1) is 6.92 Å². The Kier molecular flexibility index (Phi) is 5.17. The number of esters is 1. The van der Waals surface area contributed by atoms with Crippen molar-refractivity contribution in [1.82, 2.24) is 5.32 Å². The molecule has 3 rings (SSSR count). The summed E-state index contributed by atoms with van der Waals surface area (Å²) in [6, 6.07) is 18.1. The van der Waals surface area contributed by atoms with Gasteiger partial charge in [-0.25, -0.2) is 4.79 Å². The summed E-state index contributed by atoms with van der Waals surface area (Å²) < 4.78 is 5.03. The summed E-state index contributed by atoms with van der Waals surface area (Å²) in [6.07, 6.45) is 0. The molecule has 0 aliphatic heterocycles. The molecule has 0 aliphatic rings. The van der Waals surface area contributed by atoms with Crippen LogP contribution in [-0.2, 0) is 16.1 Å². The fourth-order valence-electron chi connectivity index (χ4n) is 2.68. The van der Waals surface area contributed by atoms with Crippen LogP contribution in [0.3, 0.4) is 0 Å². The number of phenolic OH excluding ortho intramolecular Hbond substituents is 1. The second kappa shape index (κ2) is 7.70. The average molecular weight is 349 g/mol. The van der Waals surface area contributed by atoms with Crippen molar-refractivity contribution >= 4 is 22.6 Å². The minimum Gasteiger partial charge on any atom is -0.506 e. The van der Waals surface area contributed by atoms with Crippen molar-refractivity contribution in [2.45, 2.75) is 13.5 Å². The number of hydrogen-bond acceptors (Lipinski definition) is 4.